The van der Waals surface area contributed by atoms with Gasteiger partial charge >= 0.3 is 0 Å². The molecule has 0 aromatic heterocycles. The quantitative estimate of drug-likeness (QED) is 0.0555. The number of hydrogen-bond donors (Lipinski definition) is 2. The summed E-state index contributed by atoms with van der Waals surface area (Å²) in [5.41, 5.74) is 4.30. The maximum atomic E-state index is 14.8. The number of carbonyl (C=O) groups excluding carboxylic acids is 1. The third-order valence-corrected chi connectivity index (χ3v) is 12.0. The zero-order chi connectivity index (χ0) is 40.5. The summed E-state index contributed by atoms with van der Waals surface area (Å²) < 4.78 is 20.5. The number of carbonyl (C=O) groups is 1. The van der Waals surface area contributed by atoms with Crippen molar-refractivity contribution < 1.29 is 34.1 Å². The van der Waals surface area contributed by atoms with Crippen LogP contribution in [0.5, 0.6) is 11.5 Å². The second-order valence-corrected chi connectivity index (χ2v) is 15.6. The van der Waals surface area contributed by atoms with Crippen LogP contribution in [0.25, 0.3) is 10.8 Å². The molecule has 0 unspecified atom stereocenters. The number of oxime groups is 1. The zero-order valence-corrected chi connectivity index (χ0v) is 33.5. The molecular formula is C49H56N2O7. The SMILES string of the molecule is C=CCOc1ccc2c(c1)[C@H]1[C@H](CCCCO)[C@@H](CCCCO)C=C3C(=NOCc4ccccc4)C[C@H](N(C)C(=O)c4ccc5ccccc5c4)[C@@](OCC=C)(O2)[C@H]31. The van der Waals surface area contributed by atoms with E-state index in [1.165, 1.54) is 0 Å². The van der Waals surface area contributed by atoms with Crippen LogP contribution in [0.2, 0.25) is 0 Å². The van der Waals surface area contributed by atoms with Gasteiger partial charge in [-0.15, -0.1) is 6.58 Å². The van der Waals surface area contributed by atoms with E-state index in [-0.39, 0.29) is 50.1 Å². The van der Waals surface area contributed by atoms with Crippen LogP contribution in [-0.4, -0.2) is 72.0 Å². The summed E-state index contributed by atoms with van der Waals surface area (Å²) in [7, 11) is 1.83. The van der Waals surface area contributed by atoms with Crippen molar-refractivity contribution in [3.05, 3.63) is 145 Å². The number of amides is 1. The molecule has 1 fully saturated rings. The van der Waals surface area contributed by atoms with Crippen LogP contribution < -0.4 is 9.47 Å². The monoisotopic (exact) mass is 784 g/mol. The molecule has 6 atom stereocenters. The van der Waals surface area contributed by atoms with Gasteiger partial charge in [-0.2, -0.15) is 0 Å². The number of allylic oxidation sites excluding steroid dienone is 1. The lowest BCUT2D eigenvalue weighted by atomic mass is 9.55. The van der Waals surface area contributed by atoms with E-state index < -0.39 is 17.7 Å². The highest BCUT2D eigenvalue weighted by Crippen LogP contribution is 2.62. The van der Waals surface area contributed by atoms with Crippen molar-refractivity contribution in [2.75, 3.05) is 33.5 Å². The van der Waals surface area contributed by atoms with Gasteiger partial charge in [-0.3, -0.25) is 4.79 Å². The Kier molecular flexibility index (Phi) is 13.4. The van der Waals surface area contributed by atoms with Crippen LogP contribution in [0.1, 0.15) is 72.3 Å². The van der Waals surface area contributed by atoms with Crippen LogP contribution in [0.3, 0.4) is 0 Å². The molecule has 2 N–H and O–H groups in total. The number of fused-ring (bicyclic) bond motifs is 3. The Morgan fingerprint density at radius 2 is 1.64 bits per heavy atom. The van der Waals surface area contributed by atoms with Gasteiger partial charge in [-0.1, -0.05) is 103 Å². The normalized spacial score (nSPS) is 23.9. The molecule has 0 bridgehead atoms. The van der Waals surface area contributed by atoms with E-state index in [1.54, 1.807) is 17.1 Å². The van der Waals surface area contributed by atoms with E-state index in [2.05, 4.69) is 25.3 Å². The zero-order valence-electron chi connectivity index (χ0n) is 33.5. The van der Waals surface area contributed by atoms with Gasteiger partial charge in [-0.05, 0) is 89.8 Å². The molecule has 2 aliphatic carbocycles. The average Bonchev–Trinajstić information content (AvgIpc) is 3.26. The van der Waals surface area contributed by atoms with E-state index in [4.69, 9.17) is 24.2 Å². The largest absolute Gasteiger partial charge is 0.490 e. The van der Waals surface area contributed by atoms with Crippen LogP contribution in [-0.2, 0) is 16.2 Å². The summed E-state index contributed by atoms with van der Waals surface area (Å²) in [6, 6.07) is 29.1. The van der Waals surface area contributed by atoms with Crippen molar-refractivity contribution in [3.63, 3.8) is 0 Å². The molecule has 1 heterocycles. The standard InChI is InChI=1S/C49H56N2O7/c1-4-27-55-39-23-24-44-42(31-39)46-40(20-12-14-26-53)37(19-11-13-25-52)30-41-43(50-57-33-34-15-7-6-8-16-34)32-45(49(58-44,47(41)46)56-28-5-2)51(3)48(54)38-22-21-35-17-9-10-18-36(35)29-38/h4-10,15-18,21-24,29-31,37,40,45-47,52-53H,1-2,11-14,19-20,25-28,32-33H2,3H3/t37-,40+,45-,46+,47+,49+/m0/s1. The smallest absolute Gasteiger partial charge is 0.254 e. The fraction of sp³-hybridized carbons (Fsp3) is 0.388. The minimum Gasteiger partial charge on any atom is -0.490 e. The Labute approximate surface area is 342 Å². The molecule has 4 aromatic carbocycles. The van der Waals surface area contributed by atoms with E-state index in [9.17, 15) is 15.0 Å². The van der Waals surface area contributed by atoms with Gasteiger partial charge in [0.05, 0.1) is 18.2 Å². The minimum absolute atomic E-state index is 0.106. The lowest BCUT2D eigenvalue weighted by Crippen LogP contribution is -2.69. The predicted molar refractivity (Wildman–Crippen MR) is 228 cm³/mol. The molecule has 1 amide bonds. The molecule has 0 saturated heterocycles. The van der Waals surface area contributed by atoms with Crippen molar-refractivity contribution in [2.45, 2.75) is 69.3 Å². The summed E-state index contributed by atoms with van der Waals surface area (Å²) in [5.74, 6) is -0.449. The number of benzene rings is 4. The van der Waals surface area contributed by atoms with Gasteiger partial charge in [0.1, 0.15) is 30.8 Å². The van der Waals surface area contributed by atoms with Crippen molar-refractivity contribution >= 4 is 22.4 Å². The van der Waals surface area contributed by atoms with Crippen LogP contribution in [0.15, 0.2) is 133 Å². The Bertz CT molecular complexity index is 2110. The summed E-state index contributed by atoms with van der Waals surface area (Å²) in [6.07, 6.45) is 10.9. The molecule has 304 valence electrons. The number of aliphatic hydroxyl groups is 2. The Hall–Kier alpha value is -5.22. The lowest BCUT2D eigenvalue weighted by Gasteiger charge is -2.59. The molecule has 58 heavy (non-hydrogen) atoms. The molecule has 9 nitrogen and oxygen atoms in total. The molecule has 1 saturated carbocycles. The Morgan fingerprint density at radius 1 is 0.897 bits per heavy atom. The molecule has 0 radical (unpaired) electrons. The van der Waals surface area contributed by atoms with E-state index in [0.717, 1.165) is 58.9 Å². The number of rotatable bonds is 19. The van der Waals surface area contributed by atoms with Gasteiger partial charge in [0.25, 0.3) is 5.91 Å². The molecule has 1 aliphatic heterocycles. The molecule has 4 aromatic rings. The third kappa shape index (κ3) is 8.48. The third-order valence-electron chi connectivity index (χ3n) is 12.0. The second-order valence-electron chi connectivity index (χ2n) is 15.6. The summed E-state index contributed by atoms with van der Waals surface area (Å²) in [5, 5.41) is 26.7. The van der Waals surface area contributed by atoms with Crippen LogP contribution in [0, 0.1) is 17.8 Å². The highest BCUT2D eigenvalue weighted by molar-refractivity contribution is 6.04. The lowest BCUT2D eigenvalue weighted by molar-refractivity contribution is -0.252. The van der Waals surface area contributed by atoms with E-state index in [1.807, 2.05) is 92.0 Å². The van der Waals surface area contributed by atoms with Gasteiger partial charge in [0, 0.05) is 43.7 Å². The van der Waals surface area contributed by atoms with Crippen LogP contribution >= 0.6 is 0 Å². The number of unbranched alkanes of at least 4 members (excludes halogenated alkanes) is 2. The maximum Gasteiger partial charge on any atom is 0.254 e. The van der Waals surface area contributed by atoms with Crippen molar-refractivity contribution in [1.82, 2.24) is 4.90 Å². The summed E-state index contributed by atoms with van der Waals surface area (Å²) in [4.78, 5) is 22.8. The summed E-state index contributed by atoms with van der Waals surface area (Å²) >= 11 is 0. The van der Waals surface area contributed by atoms with Gasteiger partial charge in [0.15, 0.2) is 0 Å². The van der Waals surface area contributed by atoms with Gasteiger partial charge < -0.3 is 34.2 Å². The first kappa shape index (κ1) is 41.0. The van der Waals surface area contributed by atoms with E-state index in [0.29, 0.717) is 42.9 Å². The highest BCUT2D eigenvalue weighted by atomic mass is 16.7. The second kappa shape index (κ2) is 19.0. The first-order valence-corrected chi connectivity index (χ1v) is 20.7. The van der Waals surface area contributed by atoms with Crippen LogP contribution in [0.4, 0.5) is 0 Å². The van der Waals surface area contributed by atoms with Gasteiger partial charge in [-0.25, -0.2) is 0 Å². The Morgan fingerprint density at radius 3 is 2.40 bits per heavy atom. The minimum atomic E-state index is -1.34. The molecule has 7 rings (SSSR count). The van der Waals surface area contributed by atoms with Crippen molar-refractivity contribution in [1.29, 1.82) is 0 Å². The Balaban J connectivity index is 1.42. The average molecular weight is 785 g/mol. The number of ether oxygens (including phenoxy) is 3. The first-order chi connectivity index (χ1) is 28.4. The van der Waals surface area contributed by atoms with Crippen molar-refractivity contribution in [3.8, 4) is 11.5 Å². The number of hydrogen-bond acceptors (Lipinski definition) is 8. The highest BCUT2D eigenvalue weighted by Gasteiger charge is 2.65. The maximum absolute atomic E-state index is 14.8. The number of likely N-dealkylation sites (N-methyl/N-ethyl adjacent to an activating group) is 1. The van der Waals surface area contributed by atoms with E-state index >= 15 is 0 Å². The number of aliphatic hydroxyl groups excluding tert-OH is 2. The topological polar surface area (TPSA) is 110 Å². The molecule has 3 aliphatic rings. The number of nitrogens with zero attached hydrogens (tertiary/aromatic N) is 2. The summed E-state index contributed by atoms with van der Waals surface area (Å²) in [6.45, 7) is 8.96. The first-order valence-electron chi connectivity index (χ1n) is 20.7. The predicted octanol–water partition coefficient (Wildman–Crippen LogP) is 9.01. The molecule has 0 spiro atoms. The van der Waals surface area contributed by atoms with Crippen molar-refractivity contribution in [2.24, 2.45) is 22.9 Å². The van der Waals surface area contributed by atoms with Gasteiger partial charge in [0.2, 0.25) is 5.79 Å². The molecule has 9 heteroatoms. The fourth-order valence-electron chi connectivity index (χ4n) is 9.40. The fourth-order valence-corrected chi connectivity index (χ4v) is 9.40. The molecular weight excluding hydrogens is 729 g/mol.